The second kappa shape index (κ2) is 7.37. The van der Waals surface area contributed by atoms with E-state index in [0.29, 0.717) is 23.9 Å². The smallest absolute Gasteiger partial charge is 0.252 e. The topological polar surface area (TPSA) is 84.8 Å². The van der Waals surface area contributed by atoms with E-state index in [1.807, 2.05) is 13.8 Å². The number of hydrogen-bond acceptors (Lipinski definition) is 5. The standard InChI is InChI=1S/C16H24N4O/c1-3-12-13(10-18)16(20-19-14(12)4-2)21-15-8-6-5-7-11(15)9-17/h11,15H,3-9,17H2,1-2H3. The third kappa shape index (κ3) is 3.33. The Kier molecular flexibility index (Phi) is 5.51. The van der Waals surface area contributed by atoms with Gasteiger partial charge in [0.2, 0.25) is 0 Å². The molecule has 21 heavy (non-hydrogen) atoms. The predicted octanol–water partition coefficient (Wildman–Crippen LogP) is 2.37. The van der Waals surface area contributed by atoms with Crippen LogP contribution in [0.15, 0.2) is 0 Å². The molecule has 0 saturated heterocycles. The van der Waals surface area contributed by atoms with Crippen molar-refractivity contribution in [1.82, 2.24) is 10.2 Å². The van der Waals surface area contributed by atoms with Gasteiger partial charge in [-0.15, -0.1) is 5.10 Å². The Morgan fingerprint density at radius 1 is 1.24 bits per heavy atom. The summed E-state index contributed by atoms with van der Waals surface area (Å²) in [6.45, 7) is 4.67. The first-order valence-corrected chi connectivity index (χ1v) is 7.90. The van der Waals surface area contributed by atoms with Gasteiger partial charge < -0.3 is 10.5 Å². The van der Waals surface area contributed by atoms with Gasteiger partial charge in [-0.3, -0.25) is 0 Å². The van der Waals surface area contributed by atoms with Gasteiger partial charge in [0.1, 0.15) is 17.7 Å². The van der Waals surface area contributed by atoms with Gasteiger partial charge in [-0.05, 0) is 44.2 Å². The summed E-state index contributed by atoms with van der Waals surface area (Å²) in [4.78, 5) is 0. The van der Waals surface area contributed by atoms with Crippen LogP contribution in [0.2, 0.25) is 0 Å². The zero-order valence-corrected chi connectivity index (χ0v) is 12.9. The molecule has 1 saturated carbocycles. The van der Waals surface area contributed by atoms with Gasteiger partial charge in [-0.2, -0.15) is 10.4 Å². The quantitative estimate of drug-likeness (QED) is 0.899. The number of nitrogens with two attached hydrogens (primary N) is 1. The van der Waals surface area contributed by atoms with Crippen molar-refractivity contribution in [2.24, 2.45) is 11.7 Å². The Bertz CT molecular complexity index is 524. The molecule has 2 rings (SSSR count). The Balaban J connectivity index is 2.29. The molecule has 1 fully saturated rings. The van der Waals surface area contributed by atoms with Gasteiger partial charge in [-0.25, -0.2) is 0 Å². The zero-order valence-electron chi connectivity index (χ0n) is 12.9. The van der Waals surface area contributed by atoms with Crippen molar-refractivity contribution in [1.29, 1.82) is 5.26 Å². The number of nitriles is 1. The van der Waals surface area contributed by atoms with Crippen LogP contribution in [0.4, 0.5) is 0 Å². The van der Waals surface area contributed by atoms with Crippen molar-refractivity contribution >= 4 is 0 Å². The van der Waals surface area contributed by atoms with Crippen molar-refractivity contribution in [3.05, 3.63) is 16.8 Å². The fourth-order valence-electron chi connectivity index (χ4n) is 3.09. The summed E-state index contributed by atoms with van der Waals surface area (Å²) in [6, 6.07) is 2.25. The van der Waals surface area contributed by atoms with Gasteiger partial charge in [-0.1, -0.05) is 20.3 Å². The molecule has 2 N–H and O–H groups in total. The number of hydrogen-bond donors (Lipinski definition) is 1. The molecule has 1 aromatic rings. The zero-order chi connectivity index (χ0) is 15.2. The van der Waals surface area contributed by atoms with Crippen LogP contribution in [-0.2, 0) is 12.8 Å². The Morgan fingerprint density at radius 3 is 2.62 bits per heavy atom. The highest BCUT2D eigenvalue weighted by molar-refractivity contribution is 5.46. The fraction of sp³-hybridized carbons (Fsp3) is 0.688. The second-order valence-corrected chi connectivity index (χ2v) is 5.56. The van der Waals surface area contributed by atoms with Crippen molar-refractivity contribution in [2.45, 2.75) is 58.5 Å². The van der Waals surface area contributed by atoms with Crippen LogP contribution in [0.25, 0.3) is 0 Å². The fourth-order valence-corrected chi connectivity index (χ4v) is 3.09. The van der Waals surface area contributed by atoms with Crippen LogP contribution in [-0.4, -0.2) is 22.8 Å². The molecular formula is C16H24N4O. The molecule has 1 aliphatic carbocycles. The molecule has 0 radical (unpaired) electrons. The van der Waals surface area contributed by atoms with Gasteiger partial charge in [0, 0.05) is 5.92 Å². The van der Waals surface area contributed by atoms with Crippen LogP contribution < -0.4 is 10.5 Å². The minimum Gasteiger partial charge on any atom is -0.472 e. The van der Waals surface area contributed by atoms with E-state index in [1.54, 1.807) is 0 Å². The third-order valence-electron chi connectivity index (χ3n) is 4.33. The van der Waals surface area contributed by atoms with Gasteiger partial charge in [0.05, 0.1) is 5.69 Å². The molecule has 0 bridgehead atoms. The van der Waals surface area contributed by atoms with E-state index >= 15 is 0 Å². The van der Waals surface area contributed by atoms with Crippen molar-refractivity contribution in [2.75, 3.05) is 6.54 Å². The first kappa shape index (κ1) is 15.7. The van der Waals surface area contributed by atoms with Gasteiger partial charge in [0.25, 0.3) is 5.88 Å². The maximum absolute atomic E-state index is 9.48. The Labute approximate surface area is 126 Å². The lowest BCUT2D eigenvalue weighted by Gasteiger charge is -2.30. The van der Waals surface area contributed by atoms with Crippen molar-refractivity contribution in [3.63, 3.8) is 0 Å². The molecule has 2 unspecified atom stereocenters. The van der Waals surface area contributed by atoms with Crippen molar-refractivity contribution < 1.29 is 4.74 Å². The molecule has 0 amide bonds. The van der Waals surface area contributed by atoms with E-state index in [2.05, 4.69) is 16.3 Å². The molecule has 1 heterocycles. The van der Waals surface area contributed by atoms with E-state index in [0.717, 1.165) is 43.4 Å². The highest BCUT2D eigenvalue weighted by atomic mass is 16.5. The average molecular weight is 288 g/mol. The summed E-state index contributed by atoms with van der Waals surface area (Å²) in [6.07, 6.45) is 6.01. The lowest BCUT2D eigenvalue weighted by atomic mass is 9.86. The van der Waals surface area contributed by atoms with Gasteiger partial charge in [0.15, 0.2) is 0 Å². The predicted molar refractivity (Wildman–Crippen MR) is 80.9 cm³/mol. The lowest BCUT2D eigenvalue weighted by Crippen LogP contribution is -2.35. The van der Waals surface area contributed by atoms with Crippen LogP contribution in [0.5, 0.6) is 5.88 Å². The molecular weight excluding hydrogens is 264 g/mol. The molecule has 0 aliphatic heterocycles. The highest BCUT2D eigenvalue weighted by Crippen LogP contribution is 2.29. The number of aryl methyl sites for hydroxylation is 1. The maximum Gasteiger partial charge on any atom is 0.252 e. The molecule has 1 aliphatic rings. The highest BCUT2D eigenvalue weighted by Gasteiger charge is 2.27. The Morgan fingerprint density at radius 2 is 2.00 bits per heavy atom. The van der Waals surface area contributed by atoms with Crippen LogP contribution in [0.1, 0.15) is 56.4 Å². The first-order chi connectivity index (χ1) is 10.2. The molecule has 5 nitrogen and oxygen atoms in total. The minimum absolute atomic E-state index is 0.0577. The minimum atomic E-state index is 0.0577. The second-order valence-electron chi connectivity index (χ2n) is 5.56. The largest absolute Gasteiger partial charge is 0.472 e. The molecule has 114 valence electrons. The van der Waals surface area contributed by atoms with E-state index < -0.39 is 0 Å². The Hall–Kier alpha value is -1.67. The third-order valence-corrected chi connectivity index (χ3v) is 4.33. The van der Waals surface area contributed by atoms with E-state index in [4.69, 9.17) is 10.5 Å². The van der Waals surface area contributed by atoms with E-state index in [9.17, 15) is 5.26 Å². The number of nitrogens with zero attached hydrogens (tertiary/aromatic N) is 3. The summed E-state index contributed by atoms with van der Waals surface area (Å²) < 4.78 is 6.05. The van der Waals surface area contributed by atoms with E-state index in [-0.39, 0.29) is 6.10 Å². The lowest BCUT2D eigenvalue weighted by molar-refractivity contribution is 0.0907. The van der Waals surface area contributed by atoms with Crippen LogP contribution in [0.3, 0.4) is 0 Å². The molecule has 1 aromatic heterocycles. The molecule has 2 atom stereocenters. The summed E-state index contributed by atoms with van der Waals surface area (Å²) in [5.41, 5.74) is 8.24. The van der Waals surface area contributed by atoms with Crippen LogP contribution in [0, 0.1) is 17.2 Å². The van der Waals surface area contributed by atoms with Gasteiger partial charge >= 0.3 is 0 Å². The van der Waals surface area contributed by atoms with E-state index in [1.165, 1.54) is 6.42 Å². The summed E-state index contributed by atoms with van der Waals surface area (Å²) in [7, 11) is 0. The maximum atomic E-state index is 9.48. The summed E-state index contributed by atoms with van der Waals surface area (Å²) >= 11 is 0. The number of aromatic nitrogens is 2. The number of rotatable bonds is 5. The monoisotopic (exact) mass is 288 g/mol. The average Bonchev–Trinajstić information content (AvgIpc) is 2.54. The van der Waals surface area contributed by atoms with Crippen molar-refractivity contribution in [3.8, 4) is 11.9 Å². The molecule has 5 heteroatoms. The first-order valence-electron chi connectivity index (χ1n) is 7.90. The summed E-state index contributed by atoms with van der Waals surface area (Å²) in [5, 5.41) is 17.9. The summed E-state index contributed by atoms with van der Waals surface area (Å²) in [5.74, 6) is 0.736. The normalized spacial score (nSPS) is 21.8. The number of ether oxygens (including phenoxy) is 1. The van der Waals surface area contributed by atoms with Crippen LogP contribution >= 0.6 is 0 Å². The molecule has 0 spiro atoms. The SMILES string of the molecule is CCc1nnc(OC2CCCCC2CN)c(C#N)c1CC. The molecule has 0 aromatic carbocycles.